The summed E-state index contributed by atoms with van der Waals surface area (Å²) in [6, 6.07) is 17.5. The Morgan fingerprint density at radius 2 is 1.50 bits per heavy atom. The topological polar surface area (TPSA) is 12.5 Å². The zero-order valence-corrected chi connectivity index (χ0v) is 17.3. The maximum absolute atomic E-state index is 6.14. The second-order valence-corrected chi connectivity index (χ2v) is 8.35. The molecule has 26 heavy (non-hydrogen) atoms. The third-order valence-electron chi connectivity index (χ3n) is 5.08. The van der Waals surface area contributed by atoms with Gasteiger partial charge in [0.05, 0.1) is 0 Å². The molecule has 142 valence electrons. The molecule has 0 aromatic heterocycles. The van der Waals surface area contributed by atoms with Gasteiger partial charge in [-0.1, -0.05) is 62.7 Å². The first kappa shape index (κ1) is 20.8. The molecule has 0 aliphatic carbocycles. The summed E-state index contributed by atoms with van der Waals surface area (Å²) in [5, 5.41) is 0. The van der Waals surface area contributed by atoms with Crippen LogP contribution in [0.2, 0.25) is 0 Å². The molecular weight excluding hydrogens is 342 g/mol. The predicted octanol–water partition coefficient (Wildman–Crippen LogP) is 5.76. The van der Waals surface area contributed by atoms with Gasteiger partial charge in [0, 0.05) is 19.6 Å². The third kappa shape index (κ3) is 5.75. The Morgan fingerprint density at radius 3 is 2.04 bits per heavy atom. The molecule has 0 radical (unpaired) electrons. The zero-order valence-electron chi connectivity index (χ0n) is 16.5. The van der Waals surface area contributed by atoms with Gasteiger partial charge in [-0.3, -0.25) is 4.90 Å². The quantitative estimate of drug-likeness (QED) is 0.675. The molecule has 0 unspecified atom stereocenters. The highest BCUT2D eigenvalue weighted by molar-refractivity contribution is 5.85. The van der Waals surface area contributed by atoms with Crippen LogP contribution in [0.25, 0.3) is 0 Å². The van der Waals surface area contributed by atoms with Gasteiger partial charge in [-0.2, -0.15) is 0 Å². The number of halogens is 1. The average Bonchev–Trinajstić information content (AvgIpc) is 2.58. The van der Waals surface area contributed by atoms with Gasteiger partial charge in [0.2, 0.25) is 0 Å². The molecule has 1 saturated heterocycles. The maximum Gasteiger partial charge on any atom is 0.119 e. The van der Waals surface area contributed by atoms with Crippen LogP contribution in [-0.4, -0.2) is 24.1 Å². The van der Waals surface area contributed by atoms with Gasteiger partial charge >= 0.3 is 0 Å². The van der Waals surface area contributed by atoms with Crippen molar-refractivity contribution in [2.24, 2.45) is 0 Å². The molecule has 1 aliphatic heterocycles. The predicted molar refractivity (Wildman–Crippen MR) is 112 cm³/mol. The Labute approximate surface area is 165 Å². The Bertz CT molecular complexity index is 665. The number of likely N-dealkylation sites (tertiary alicyclic amines) is 1. The molecule has 3 rings (SSSR count). The average molecular weight is 374 g/mol. The summed E-state index contributed by atoms with van der Waals surface area (Å²) < 4.78 is 6.14. The lowest BCUT2D eigenvalue weighted by Gasteiger charge is -2.32. The molecular formula is C23H32ClNO. The SMILES string of the molecule is Cc1ccc(OC2CCN(Cc3ccc(C(C)(C)C)cc3)CC2)cc1.Cl. The first-order valence-corrected chi connectivity index (χ1v) is 9.45. The van der Waals surface area contributed by atoms with E-state index in [2.05, 4.69) is 81.1 Å². The monoisotopic (exact) mass is 373 g/mol. The van der Waals surface area contributed by atoms with Crippen molar-refractivity contribution >= 4 is 12.4 Å². The van der Waals surface area contributed by atoms with Gasteiger partial charge < -0.3 is 4.74 Å². The van der Waals surface area contributed by atoms with Crippen LogP contribution in [-0.2, 0) is 12.0 Å². The minimum absolute atomic E-state index is 0. The van der Waals surface area contributed by atoms with Crippen LogP contribution in [0, 0.1) is 6.92 Å². The summed E-state index contributed by atoms with van der Waals surface area (Å²) in [6.45, 7) is 12.2. The normalized spacial score (nSPS) is 16.2. The second kappa shape index (κ2) is 8.92. The van der Waals surface area contributed by atoms with Crippen molar-refractivity contribution < 1.29 is 4.74 Å². The zero-order chi connectivity index (χ0) is 17.9. The Morgan fingerprint density at radius 1 is 0.923 bits per heavy atom. The van der Waals surface area contributed by atoms with Crippen molar-refractivity contribution in [1.29, 1.82) is 0 Å². The van der Waals surface area contributed by atoms with E-state index in [0.29, 0.717) is 6.10 Å². The number of benzene rings is 2. The summed E-state index contributed by atoms with van der Waals surface area (Å²) in [4.78, 5) is 2.54. The largest absolute Gasteiger partial charge is 0.490 e. The molecule has 0 amide bonds. The van der Waals surface area contributed by atoms with Crippen LogP contribution in [0.15, 0.2) is 48.5 Å². The van der Waals surface area contributed by atoms with E-state index < -0.39 is 0 Å². The first-order valence-electron chi connectivity index (χ1n) is 9.45. The molecule has 3 heteroatoms. The molecule has 0 atom stereocenters. The second-order valence-electron chi connectivity index (χ2n) is 8.35. The van der Waals surface area contributed by atoms with E-state index in [1.54, 1.807) is 0 Å². The van der Waals surface area contributed by atoms with E-state index >= 15 is 0 Å². The van der Waals surface area contributed by atoms with E-state index in [0.717, 1.165) is 38.2 Å². The summed E-state index contributed by atoms with van der Waals surface area (Å²) in [5.41, 5.74) is 4.32. The Balaban J connectivity index is 0.00000243. The number of piperidine rings is 1. The lowest BCUT2D eigenvalue weighted by atomic mass is 9.86. The van der Waals surface area contributed by atoms with E-state index in [1.807, 2.05) is 0 Å². The third-order valence-corrected chi connectivity index (χ3v) is 5.08. The minimum atomic E-state index is 0. The molecule has 0 N–H and O–H groups in total. The number of aryl methyl sites for hydroxylation is 1. The van der Waals surface area contributed by atoms with E-state index in [1.165, 1.54) is 16.7 Å². The van der Waals surface area contributed by atoms with E-state index in [9.17, 15) is 0 Å². The highest BCUT2D eigenvalue weighted by atomic mass is 35.5. The molecule has 0 spiro atoms. The van der Waals surface area contributed by atoms with Gasteiger partial charge in [0.15, 0.2) is 0 Å². The fourth-order valence-corrected chi connectivity index (χ4v) is 3.36. The Hall–Kier alpha value is -1.51. The van der Waals surface area contributed by atoms with Crippen molar-refractivity contribution in [2.45, 2.75) is 58.6 Å². The smallest absolute Gasteiger partial charge is 0.119 e. The lowest BCUT2D eigenvalue weighted by molar-refractivity contribution is 0.0968. The van der Waals surface area contributed by atoms with Crippen LogP contribution in [0.3, 0.4) is 0 Å². The fourth-order valence-electron chi connectivity index (χ4n) is 3.36. The standard InChI is InChI=1S/C23H31NO.ClH/c1-18-5-11-21(12-6-18)25-22-13-15-24(16-14-22)17-19-7-9-20(10-8-19)23(2,3)4;/h5-12,22H,13-17H2,1-4H3;1H. The number of hydrogen-bond donors (Lipinski definition) is 0. The van der Waals surface area contributed by atoms with Crippen LogP contribution in [0.5, 0.6) is 5.75 Å². The molecule has 0 saturated carbocycles. The molecule has 0 bridgehead atoms. The Kier molecular flexibility index (Phi) is 7.14. The van der Waals surface area contributed by atoms with Crippen molar-refractivity contribution in [3.05, 3.63) is 65.2 Å². The van der Waals surface area contributed by atoms with E-state index in [-0.39, 0.29) is 17.8 Å². The minimum Gasteiger partial charge on any atom is -0.490 e. The lowest BCUT2D eigenvalue weighted by Crippen LogP contribution is -2.37. The fraction of sp³-hybridized carbons (Fsp3) is 0.478. The van der Waals surface area contributed by atoms with E-state index in [4.69, 9.17) is 4.74 Å². The molecule has 2 aromatic rings. The molecule has 2 aromatic carbocycles. The first-order chi connectivity index (χ1) is 11.9. The molecule has 1 aliphatic rings. The van der Waals surface area contributed by atoms with Gasteiger partial charge in [0.1, 0.15) is 11.9 Å². The van der Waals surface area contributed by atoms with Gasteiger partial charge in [0.25, 0.3) is 0 Å². The van der Waals surface area contributed by atoms with Gasteiger partial charge in [-0.15, -0.1) is 12.4 Å². The maximum atomic E-state index is 6.14. The van der Waals surface area contributed by atoms with Crippen molar-refractivity contribution in [1.82, 2.24) is 4.90 Å². The van der Waals surface area contributed by atoms with Crippen LogP contribution < -0.4 is 4.74 Å². The summed E-state index contributed by atoms with van der Waals surface area (Å²) in [6.07, 6.45) is 2.56. The van der Waals surface area contributed by atoms with Crippen molar-refractivity contribution in [3.63, 3.8) is 0 Å². The van der Waals surface area contributed by atoms with Crippen molar-refractivity contribution in [3.8, 4) is 5.75 Å². The number of nitrogens with zero attached hydrogens (tertiary/aromatic N) is 1. The summed E-state index contributed by atoms with van der Waals surface area (Å²) in [5.74, 6) is 1.00. The molecule has 1 fully saturated rings. The molecule has 1 heterocycles. The highest BCUT2D eigenvalue weighted by Gasteiger charge is 2.21. The highest BCUT2D eigenvalue weighted by Crippen LogP contribution is 2.24. The number of hydrogen-bond acceptors (Lipinski definition) is 2. The number of ether oxygens (including phenoxy) is 1. The summed E-state index contributed by atoms with van der Waals surface area (Å²) in [7, 11) is 0. The van der Waals surface area contributed by atoms with Gasteiger partial charge in [-0.25, -0.2) is 0 Å². The van der Waals surface area contributed by atoms with Crippen LogP contribution in [0.1, 0.15) is 50.3 Å². The van der Waals surface area contributed by atoms with Crippen molar-refractivity contribution in [2.75, 3.05) is 13.1 Å². The van der Waals surface area contributed by atoms with Gasteiger partial charge in [-0.05, 0) is 48.4 Å². The molecule has 2 nitrogen and oxygen atoms in total. The van der Waals surface area contributed by atoms with Crippen LogP contribution in [0.4, 0.5) is 0 Å². The van der Waals surface area contributed by atoms with Crippen LogP contribution >= 0.6 is 12.4 Å². The summed E-state index contributed by atoms with van der Waals surface area (Å²) >= 11 is 0. The number of rotatable bonds is 4.